The first-order valence-corrected chi connectivity index (χ1v) is 8.14. The van der Waals surface area contributed by atoms with Crippen LogP contribution in [0.1, 0.15) is 24.8 Å². The van der Waals surface area contributed by atoms with Gasteiger partial charge in [0.2, 0.25) is 0 Å². The van der Waals surface area contributed by atoms with E-state index in [-0.39, 0.29) is 0 Å². The first-order valence-electron chi connectivity index (χ1n) is 6.85. The lowest BCUT2D eigenvalue weighted by atomic mass is 10.2. The van der Waals surface area contributed by atoms with Gasteiger partial charge in [-0.3, -0.25) is 4.99 Å². The number of aliphatic imine (C=N–C) groups is 1. The van der Waals surface area contributed by atoms with Crippen LogP contribution >= 0.6 is 11.8 Å². The molecule has 0 amide bonds. The number of hydrogen-bond acceptors (Lipinski definition) is 2. The van der Waals surface area contributed by atoms with Gasteiger partial charge in [0.25, 0.3) is 0 Å². The first kappa shape index (κ1) is 14.3. The molecule has 4 heteroatoms. The summed E-state index contributed by atoms with van der Waals surface area (Å²) in [7, 11) is 1.83. The molecule has 0 aliphatic heterocycles. The second-order valence-corrected chi connectivity index (χ2v) is 6.06. The average Bonchev–Trinajstić information content (AvgIpc) is 2.92. The molecule has 19 heavy (non-hydrogen) atoms. The van der Waals surface area contributed by atoms with Gasteiger partial charge in [-0.05, 0) is 31.1 Å². The number of thioether (sulfide) groups is 1. The fraction of sp³-hybridized carbons (Fsp3) is 0.533. The molecule has 1 saturated carbocycles. The molecule has 104 valence electrons. The summed E-state index contributed by atoms with van der Waals surface area (Å²) in [6.07, 6.45) is 6.01. The number of nitrogens with zero attached hydrogens (tertiary/aromatic N) is 1. The third kappa shape index (κ3) is 4.46. The minimum Gasteiger partial charge on any atom is -0.354 e. The monoisotopic (exact) mass is 277 g/mol. The molecule has 2 N–H and O–H groups in total. The Balaban J connectivity index is 1.78. The van der Waals surface area contributed by atoms with Crippen LogP contribution in [0.2, 0.25) is 0 Å². The quantitative estimate of drug-likeness (QED) is 0.656. The number of hydrogen-bond donors (Lipinski definition) is 2. The third-order valence-corrected chi connectivity index (χ3v) is 4.68. The molecule has 1 aliphatic carbocycles. The minimum absolute atomic E-state index is 0.569. The third-order valence-electron chi connectivity index (χ3n) is 3.59. The van der Waals surface area contributed by atoms with Crippen LogP contribution in [0.5, 0.6) is 0 Å². The summed E-state index contributed by atoms with van der Waals surface area (Å²) in [6.45, 7) is 0.819. The number of guanidine groups is 1. The Bertz CT molecular complexity index is 405. The van der Waals surface area contributed by atoms with Crippen LogP contribution in [-0.2, 0) is 6.54 Å². The summed E-state index contributed by atoms with van der Waals surface area (Å²) in [4.78, 5) is 4.31. The lowest BCUT2D eigenvalue weighted by Gasteiger charge is -2.17. The fourth-order valence-corrected chi connectivity index (χ4v) is 3.25. The highest BCUT2D eigenvalue weighted by Crippen LogP contribution is 2.27. The van der Waals surface area contributed by atoms with E-state index in [0.29, 0.717) is 6.04 Å². The van der Waals surface area contributed by atoms with Crippen LogP contribution in [0.4, 0.5) is 0 Å². The highest BCUT2D eigenvalue weighted by molar-refractivity contribution is 7.99. The Morgan fingerprint density at radius 3 is 2.74 bits per heavy atom. The Kier molecular flexibility index (Phi) is 5.58. The molecule has 0 bridgehead atoms. The molecule has 2 unspecified atom stereocenters. The van der Waals surface area contributed by atoms with E-state index >= 15 is 0 Å². The molecule has 0 radical (unpaired) electrons. The molecule has 1 aromatic rings. The summed E-state index contributed by atoms with van der Waals surface area (Å²) in [5, 5.41) is 7.71. The predicted octanol–water partition coefficient (Wildman–Crippen LogP) is 2.64. The molecule has 0 heterocycles. The van der Waals surface area contributed by atoms with Crippen molar-refractivity contribution in [1.82, 2.24) is 10.6 Å². The van der Waals surface area contributed by atoms with E-state index in [1.807, 2.05) is 24.9 Å². The van der Waals surface area contributed by atoms with Gasteiger partial charge in [0.15, 0.2) is 5.96 Å². The van der Waals surface area contributed by atoms with E-state index in [1.165, 1.54) is 24.8 Å². The zero-order valence-corrected chi connectivity index (χ0v) is 12.5. The largest absolute Gasteiger partial charge is 0.354 e. The standard InChI is InChI=1S/C15H23N3S/c1-16-15(17-11-12-6-4-3-5-7-12)18-13-8-9-14(10-13)19-2/h3-7,13-14H,8-11H2,1-2H3,(H2,16,17,18). The molecule has 3 nitrogen and oxygen atoms in total. The SMILES string of the molecule is CN=C(NCc1ccccc1)NC1CCC(SC)C1. The van der Waals surface area contributed by atoms with E-state index < -0.39 is 0 Å². The first-order chi connectivity index (χ1) is 9.31. The number of rotatable bonds is 4. The minimum atomic E-state index is 0.569. The Morgan fingerprint density at radius 1 is 1.32 bits per heavy atom. The lowest BCUT2D eigenvalue weighted by molar-refractivity contribution is 0.614. The zero-order valence-electron chi connectivity index (χ0n) is 11.7. The predicted molar refractivity (Wildman–Crippen MR) is 84.7 cm³/mol. The van der Waals surface area contributed by atoms with Gasteiger partial charge in [0, 0.05) is 24.9 Å². The Morgan fingerprint density at radius 2 is 2.11 bits per heavy atom. The zero-order chi connectivity index (χ0) is 13.5. The van der Waals surface area contributed by atoms with Crippen LogP contribution in [0.15, 0.2) is 35.3 Å². The summed E-state index contributed by atoms with van der Waals surface area (Å²) in [5.74, 6) is 0.913. The molecular weight excluding hydrogens is 254 g/mol. The van der Waals surface area contributed by atoms with Gasteiger partial charge in [-0.15, -0.1) is 0 Å². The van der Waals surface area contributed by atoms with Crippen molar-refractivity contribution < 1.29 is 0 Å². The van der Waals surface area contributed by atoms with E-state index in [1.54, 1.807) is 0 Å². The van der Waals surface area contributed by atoms with Crippen LogP contribution in [0.3, 0.4) is 0 Å². The number of benzene rings is 1. The van der Waals surface area contributed by atoms with Gasteiger partial charge in [-0.25, -0.2) is 0 Å². The Hall–Kier alpha value is -1.16. The molecule has 1 aliphatic rings. The van der Waals surface area contributed by atoms with Gasteiger partial charge in [0.1, 0.15) is 0 Å². The summed E-state index contributed by atoms with van der Waals surface area (Å²) < 4.78 is 0. The maximum atomic E-state index is 4.31. The van der Waals surface area contributed by atoms with Crippen molar-refractivity contribution in [3.63, 3.8) is 0 Å². The van der Waals surface area contributed by atoms with Crippen molar-refractivity contribution in [3.05, 3.63) is 35.9 Å². The van der Waals surface area contributed by atoms with Crippen LogP contribution < -0.4 is 10.6 Å². The van der Waals surface area contributed by atoms with Crippen LogP contribution in [0, 0.1) is 0 Å². The van der Waals surface area contributed by atoms with Gasteiger partial charge >= 0.3 is 0 Å². The summed E-state index contributed by atoms with van der Waals surface area (Å²) in [5.41, 5.74) is 1.28. The summed E-state index contributed by atoms with van der Waals surface area (Å²) in [6, 6.07) is 11.0. The van der Waals surface area contributed by atoms with Gasteiger partial charge in [0.05, 0.1) is 0 Å². The second-order valence-electron chi connectivity index (χ2n) is 4.92. The van der Waals surface area contributed by atoms with Crippen molar-refractivity contribution in [3.8, 4) is 0 Å². The average molecular weight is 277 g/mol. The Labute approximate surface area is 120 Å². The van der Waals surface area contributed by atoms with E-state index in [4.69, 9.17) is 0 Å². The maximum Gasteiger partial charge on any atom is 0.191 e. The smallest absolute Gasteiger partial charge is 0.191 e. The molecule has 1 aromatic carbocycles. The summed E-state index contributed by atoms with van der Waals surface area (Å²) >= 11 is 1.98. The second kappa shape index (κ2) is 7.43. The molecule has 0 spiro atoms. The topological polar surface area (TPSA) is 36.4 Å². The normalized spacial score (nSPS) is 23.4. The van der Waals surface area contributed by atoms with Crippen molar-refractivity contribution >= 4 is 17.7 Å². The molecule has 2 atom stereocenters. The highest BCUT2D eigenvalue weighted by Gasteiger charge is 2.24. The molecular formula is C15H23N3S. The van der Waals surface area contributed by atoms with Crippen molar-refractivity contribution in [1.29, 1.82) is 0 Å². The molecule has 0 saturated heterocycles. The van der Waals surface area contributed by atoms with Crippen LogP contribution in [0.25, 0.3) is 0 Å². The van der Waals surface area contributed by atoms with E-state index in [9.17, 15) is 0 Å². The fourth-order valence-electron chi connectivity index (χ4n) is 2.45. The van der Waals surface area contributed by atoms with Gasteiger partial charge in [-0.1, -0.05) is 30.3 Å². The number of nitrogens with one attached hydrogen (secondary N) is 2. The lowest BCUT2D eigenvalue weighted by Crippen LogP contribution is -2.42. The van der Waals surface area contributed by atoms with Crippen molar-refractivity contribution in [2.75, 3.05) is 13.3 Å². The van der Waals surface area contributed by atoms with Crippen molar-refractivity contribution in [2.24, 2.45) is 4.99 Å². The van der Waals surface area contributed by atoms with Crippen LogP contribution in [-0.4, -0.2) is 30.6 Å². The van der Waals surface area contributed by atoms with E-state index in [0.717, 1.165) is 17.8 Å². The van der Waals surface area contributed by atoms with Gasteiger partial charge < -0.3 is 10.6 Å². The van der Waals surface area contributed by atoms with Gasteiger partial charge in [-0.2, -0.15) is 11.8 Å². The maximum absolute atomic E-state index is 4.31. The van der Waals surface area contributed by atoms with E-state index in [2.05, 4.69) is 46.1 Å². The van der Waals surface area contributed by atoms with Crippen molar-refractivity contribution in [2.45, 2.75) is 37.1 Å². The molecule has 0 aromatic heterocycles. The molecule has 2 rings (SSSR count). The molecule has 1 fully saturated rings. The highest BCUT2D eigenvalue weighted by atomic mass is 32.2.